The van der Waals surface area contributed by atoms with E-state index in [1.54, 1.807) is 0 Å². The summed E-state index contributed by atoms with van der Waals surface area (Å²) in [6.07, 6.45) is 4.88. The van der Waals surface area contributed by atoms with Gasteiger partial charge in [0.05, 0.1) is 0 Å². The predicted molar refractivity (Wildman–Crippen MR) is 71.3 cm³/mol. The Morgan fingerprint density at radius 1 is 1.32 bits per heavy atom. The number of likely N-dealkylation sites (N-methyl/N-ethyl adjacent to an activating group) is 1. The number of nitrogens with one attached hydrogen (secondary N) is 1. The fourth-order valence-electron chi connectivity index (χ4n) is 2.75. The van der Waals surface area contributed by atoms with E-state index in [1.165, 1.54) is 25.7 Å². The Hall–Kier alpha value is -1.16. The first-order chi connectivity index (χ1) is 9.20. The molecule has 1 aromatic rings. The molecule has 0 spiro atoms. The standard InChI is InChI=1S/C15H21F2NO/c1-2-18-14(11-5-3-4-6-11)10-19-15-9-12(16)7-8-13(15)17/h7-9,11,14,18H,2-6,10H2,1H3. The Kier molecular flexibility index (Phi) is 5.14. The maximum atomic E-state index is 13.5. The molecule has 2 nitrogen and oxygen atoms in total. The SMILES string of the molecule is CCNC(COc1cc(F)ccc1F)C1CCCC1. The molecule has 1 saturated carbocycles. The van der Waals surface area contributed by atoms with Gasteiger partial charge in [-0.25, -0.2) is 8.78 Å². The van der Waals surface area contributed by atoms with Crippen molar-refractivity contribution in [2.75, 3.05) is 13.2 Å². The average molecular weight is 269 g/mol. The Balaban J connectivity index is 1.95. The van der Waals surface area contributed by atoms with Crippen molar-refractivity contribution in [1.29, 1.82) is 0 Å². The monoisotopic (exact) mass is 269 g/mol. The first-order valence-electron chi connectivity index (χ1n) is 7.02. The minimum Gasteiger partial charge on any atom is -0.489 e. The number of hydrogen-bond acceptors (Lipinski definition) is 2. The normalized spacial score (nSPS) is 17.6. The second-order valence-electron chi connectivity index (χ2n) is 5.09. The molecule has 0 amide bonds. The van der Waals surface area contributed by atoms with Crippen molar-refractivity contribution >= 4 is 0 Å². The van der Waals surface area contributed by atoms with Crippen LogP contribution in [0, 0.1) is 17.6 Å². The van der Waals surface area contributed by atoms with Crippen molar-refractivity contribution in [3.63, 3.8) is 0 Å². The molecular weight excluding hydrogens is 248 g/mol. The lowest BCUT2D eigenvalue weighted by molar-refractivity contribution is 0.212. The van der Waals surface area contributed by atoms with E-state index in [4.69, 9.17) is 4.74 Å². The summed E-state index contributed by atoms with van der Waals surface area (Å²) in [4.78, 5) is 0. The highest BCUT2D eigenvalue weighted by molar-refractivity contribution is 5.24. The molecule has 0 aliphatic heterocycles. The van der Waals surface area contributed by atoms with Crippen LogP contribution in [-0.2, 0) is 0 Å². The van der Waals surface area contributed by atoms with Crippen molar-refractivity contribution < 1.29 is 13.5 Å². The van der Waals surface area contributed by atoms with E-state index in [-0.39, 0.29) is 11.8 Å². The molecule has 1 fully saturated rings. The summed E-state index contributed by atoms with van der Waals surface area (Å²) < 4.78 is 32.0. The second-order valence-corrected chi connectivity index (χ2v) is 5.09. The Labute approximate surface area is 113 Å². The molecule has 1 aliphatic carbocycles. The number of benzene rings is 1. The van der Waals surface area contributed by atoms with Crippen LogP contribution in [0.25, 0.3) is 0 Å². The van der Waals surface area contributed by atoms with Crippen LogP contribution in [0.4, 0.5) is 8.78 Å². The topological polar surface area (TPSA) is 21.3 Å². The molecule has 1 N–H and O–H groups in total. The molecule has 1 aromatic carbocycles. The van der Waals surface area contributed by atoms with Crippen molar-refractivity contribution in [1.82, 2.24) is 5.32 Å². The second kappa shape index (κ2) is 6.85. The molecule has 1 unspecified atom stereocenters. The molecule has 1 atom stereocenters. The summed E-state index contributed by atoms with van der Waals surface area (Å²) in [7, 11) is 0. The lowest BCUT2D eigenvalue weighted by atomic mass is 9.99. The lowest BCUT2D eigenvalue weighted by Crippen LogP contribution is -2.40. The molecule has 0 heterocycles. The first-order valence-corrected chi connectivity index (χ1v) is 7.02. The third-order valence-electron chi connectivity index (χ3n) is 3.75. The van der Waals surface area contributed by atoms with E-state index < -0.39 is 11.6 Å². The summed E-state index contributed by atoms with van der Waals surface area (Å²) in [5.41, 5.74) is 0. The number of halogens is 2. The van der Waals surface area contributed by atoms with Crippen molar-refractivity contribution in [3.05, 3.63) is 29.8 Å². The van der Waals surface area contributed by atoms with Gasteiger partial charge in [-0.15, -0.1) is 0 Å². The van der Waals surface area contributed by atoms with Gasteiger partial charge in [-0.05, 0) is 37.4 Å². The van der Waals surface area contributed by atoms with E-state index in [2.05, 4.69) is 5.32 Å². The van der Waals surface area contributed by atoms with E-state index >= 15 is 0 Å². The lowest BCUT2D eigenvalue weighted by Gasteiger charge is -2.24. The molecular formula is C15H21F2NO. The fraction of sp³-hybridized carbons (Fsp3) is 0.600. The van der Waals surface area contributed by atoms with E-state index in [1.807, 2.05) is 6.92 Å². The zero-order valence-electron chi connectivity index (χ0n) is 11.3. The van der Waals surface area contributed by atoms with Gasteiger partial charge >= 0.3 is 0 Å². The summed E-state index contributed by atoms with van der Waals surface area (Å²) in [5.74, 6) is -0.405. The maximum Gasteiger partial charge on any atom is 0.165 e. The summed E-state index contributed by atoms with van der Waals surface area (Å²) in [5, 5.41) is 3.39. The highest BCUT2D eigenvalue weighted by atomic mass is 19.1. The third-order valence-corrected chi connectivity index (χ3v) is 3.75. The molecule has 0 bridgehead atoms. The highest BCUT2D eigenvalue weighted by Crippen LogP contribution is 2.28. The number of hydrogen-bond donors (Lipinski definition) is 1. The van der Waals surface area contributed by atoms with Gasteiger partial charge in [0.2, 0.25) is 0 Å². The van der Waals surface area contributed by atoms with Crippen LogP contribution in [-0.4, -0.2) is 19.2 Å². The van der Waals surface area contributed by atoms with Crippen LogP contribution in [0.5, 0.6) is 5.75 Å². The van der Waals surface area contributed by atoms with Gasteiger partial charge in [-0.2, -0.15) is 0 Å². The van der Waals surface area contributed by atoms with Gasteiger partial charge < -0.3 is 10.1 Å². The zero-order valence-corrected chi connectivity index (χ0v) is 11.3. The largest absolute Gasteiger partial charge is 0.489 e. The molecule has 0 aromatic heterocycles. The van der Waals surface area contributed by atoms with Gasteiger partial charge in [0, 0.05) is 12.1 Å². The summed E-state index contributed by atoms with van der Waals surface area (Å²) >= 11 is 0. The maximum absolute atomic E-state index is 13.5. The van der Waals surface area contributed by atoms with Crippen LogP contribution in [0.3, 0.4) is 0 Å². The van der Waals surface area contributed by atoms with Gasteiger partial charge in [-0.1, -0.05) is 19.8 Å². The molecule has 1 aliphatic rings. The van der Waals surface area contributed by atoms with Gasteiger partial charge in [0.15, 0.2) is 11.6 Å². The predicted octanol–water partition coefficient (Wildman–Crippen LogP) is 3.51. The van der Waals surface area contributed by atoms with Crippen molar-refractivity contribution in [2.45, 2.75) is 38.6 Å². The molecule has 2 rings (SSSR count). The third kappa shape index (κ3) is 3.90. The average Bonchev–Trinajstić information content (AvgIpc) is 2.92. The summed E-state index contributed by atoms with van der Waals surface area (Å²) in [6.45, 7) is 3.29. The molecule has 4 heteroatoms. The quantitative estimate of drug-likeness (QED) is 0.853. The van der Waals surface area contributed by atoms with Crippen molar-refractivity contribution in [2.24, 2.45) is 5.92 Å². The molecule has 106 valence electrons. The fourth-order valence-corrected chi connectivity index (χ4v) is 2.75. The van der Waals surface area contributed by atoms with Crippen LogP contribution in [0.15, 0.2) is 18.2 Å². The van der Waals surface area contributed by atoms with Gasteiger partial charge in [0.25, 0.3) is 0 Å². The van der Waals surface area contributed by atoms with Crippen LogP contribution in [0.1, 0.15) is 32.6 Å². The van der Waals surface area contributed by atoms with Crippen LogP contribution >= 0.6 is 0 Å². The molecule has 0 saturated heterocycles. The Morgan fingerprint density at radius 3 is 2.74 bits per heavy atom. The van der Waals surface area contributed by atoms with Crippen LogP contribution in [0.2, 0.25) is 0 Å². The Morgan fingerprint density at radius 2 is 2.05 bits per heavy atom. The van der Waals surface area contributed by atoms with Crippen LogP contribution < -0.4 is 10.1 Å². The molecule has 19 heavy (non-hydrogen) atoms. The van der Waals surface area contributed by atoms with E-state index in [9.17, 15) is 8.78 Å². The van der Waals surface area contributed by atoms with Crippen molar-refractivity contribution in [3.8, 4) is 5.75 Å². The number of ether oxygens (including phenoxy) is 1. The molecule has 0 radical (unpaired) electrons. The Bertz CT molecular complexity index is 405. The van der Waals surface area contributed by atoms with E-state index in [0.29, 0.717) is 12.5 Å². The van der Waals surface area contributed by atoms with E-state index in [0.717, 1.165) is 24.7 Å². The smallest absolute Gasteiger partial charge is 0.165 e. The minimum atomic E-state index is -0.511. The van der Waals surface area contributed by atoms with Gasteiger partial charge in [-0.3, -0.25) is 0 Å². The zero-order chi connectivity index (χ0) is 13.7. The number of rotatable bonds is 6. The first kappa shape index (κ1) is 14.3. The van der Waals surface area contributed by atoms with Gasteiger partial charge in [0.1, 0.15) is 12.4 Å². The minimum absolute atomic E-state index is 0.000833. The summed E-state index contributed by atoms with van der Waals surface area (Å²) in [6, 6.07) is 3.52. The highest BCUT2D eigenvalue weighted by Gasteiger charge is 2.25.